The smallest absolute Gasteiger partial charge is 0.212 e. The normalized spacial score (nSPS) is 12.4. The van der Waals surface area contributed by atoms with E-state index in [9.17, 15) is 0 Å². The van der Waals surface area contributed by atoms with Crippen LogP contribution in [-0.2, 0) is 13.6 Å². The second-order valence-electron chi connectivity index (χ2n) is 7.01. The van der Waals surface area contributed by atoms with Gasteiger partial charge in [0.15, 0.2) is 6.20 Å². The van der Waals surface area contributed by atoms with Crippen LogP contribution < -0.4 is 9.92 Å². The fraction of sp³-hybridized carbons (Fsp3) is 0.0800. The second-order valence-corrected chi connectivity index (χ2v) is 7.01. The molecule has 0 radical (unpaired) electrons. The molecule has 0 atom stereocenters. The largest absolute Gasteiger partial charge is 0.337 e. The van der Waals surface area contributed by atoms with Gasteiger partial charge in [-0.1, -0.05) is 48.5 Å². The molecular weight excluding hydrogens is 328 g/mol. The van der Waals surface area contributed by atoms with E-state index >= 15 is 0 Å². The van der Waals surface area contributed by atoms with Crippen LogP contribution in [0.1, 0.15) is 5.56 Å². The third-order valence-electron chi connectivity index (χ3n) is 5.42. The van der Waals surface area contributed by atoms with E-state index in [-0.39, 0.29) is 0 Å². The van der Waals surface area contributed by atoms with Crippen LogP contribution in [0.15, 0.2) is 85.6 Å². The van der Waals surface area contributed by atoms with E-state index in [1.54, 1.807) is 0 Å². The minimum atomic E-state index is 0.790. The number of aryl methyl sites for hydroxylation is 1. The Balaban J connectivity index is 1.94. The van der Waals surface area contributed by atoms with Gasteiger partial charge in [-0.2, -0.15) is 0 Å². The molecule has 0 bridgehead atoms. The minimum absolute atomic E-state index is 0.790. The van der Waals surface area contributed by atoms with Gasteiger partial charge in [0.2, 0.25) is 5.52 Å². The molecule has 5 rings (SSSR count). The number of para-hydroxylation sites is 1. The molecule has 0 aliphatic carbocycles. The van der Waals surface area contributed by atoms with Crippen LogP contribution in [0, 0.1) is 0 Å². The lowest BCUT2D eigenvalue weighted by Crippen LogP contribution is -2.28. The Morgan fingerprint density at radius 1 is 0.926 bits per heavy atom. The van der Waals surface area contributed by atoms with Gasteiger partial charge < -0.3 is 4.57 Å². The van der Waals surface area contributed by atoms with Crippen molar-refractivity contribution in [3.8, 4) is 0 Å². The van der Waals surface area contributed by atoms with Crippen LogP contribution >= 0.6 is 0 Å². The zero-order valence-electron chi connectivity index (χ0n) is 15.4. The van der Waals surface area contributed by atoms with Crippen LogP contribution in [-0.4, -0.2) is 4.57 Å². The molecule has 0 saturated carbocycles. The molecular formula is C25H21N2+. The van der Waals surface area contributed by atoms with E-state index in [0.29, 0.717) is 0 Å². The zero-order valence-corrected chi connectivity index (χ0v) is 15.4. The number of aromatic nitrogens is 2. The summed E-state index contributed by atoms with van der Waals surface area (Å²) in [6.45, 7) is 4.77. The predicted molar refractivity (Wildman–Crippen MR) is 114 cm³/mol. The van der Waals surface area contributed by atoms with Gasteiger partial charge >= 0.3 is 0 Å². The van der Waals surface area contributed by atoms with E-state index in [1.807, 2.05) is 6.08 Å². The molecule has 0 amide bonds. The molecule has 0 aliphatic heterocycles. The third-order valence-corrected chi connectivity index (χ3v) is 5.42. The molecule has 27 heavy (non-hydrogen) atoms. The maximum Gasteiger partial charge on any atom is 0.212 e. The van der Waals surface area contributed by atoms with Crippen molar-refractivity contribution in [2.24, 2.45) is 7.05 Å². The van der Waals surface area contributed by atoms with Crippen LogP contribution in [0.25, 0.3) is 38.7 Å². The first-order valence-electron chi connectivity index (χ1n) is 9.27. The molecule has 2 nitrogen and oxygen atoms in total. The SMILES string of the molecule is C=CCn1/c(=C/c2cc[n+](C)c3ccccc23)c2cccc3cccc1c32. The number of allylic oxidation sites excluding steroid dienone is 1. The van der Waals surface area contributed by atoms with Crippen molar-refractivity contribution in [2.45, 2.75) is 6.54 Å². The van der Waals surface area contributed by atoms with Crippen molar-refractivity contribution in [2.75, 3.05) is 0 Å². The molecule has 0 N–H and O–H groups in total. The molecule has 0 saturated heterocycles. The van der Waals surface area contributed by atoms with Crippen LogP contribution in [0.4, 0.5) is 0 Å². The molecule has 2 aromatic heterocycles. The Bertz CT molecular complexity index is 1370. The van der Waals surface area contributed by atoms with Crippen LogP contribution in [0.3, 0.4) is 0 Å². The molecule has 5 aromatic rings. The summed E-state index contributed by atoms with van der Waals surface area (Å²) in [7, 11) is 2.09. The minimum Gasteiger partial charge on any atom is -0.337 e. The van der Waals surface area contributed by atoms with Crippen LogP contribution in [0.5, 0.6) is 0 Å². The quantitative estimate of drug-likeness (QED) is 0.335. The summed E-state index contributed by atoms with van der Waals surface area (Å²) >= 11 is 0. The van der Waals surface area contributed by atoms with Crippen molar-refractivity contribution >= 4 is 38.7 Å². The van der Waals surface area contributed by atoms with Crippen molar-refractivity contribution < 1.29 is 4.57 Å². The van der Waals surface area contributed by atoms with Crippen molar-refractivity contribution in [1.29, 1.82) is 0 Å². The highest BCUT2D eigenvalue weighted by Gasteiger charge is 2.12. The average molecular weight is 349 g/mol. The van der Waals surface area contributed by atoms with Gasteiger partial charge in [-0.15, -0.1) is 6.58 Å². The summed E-state index contributed by atoms with van der Waals surface area (Å²) in [5.41, 5.74) is 3.73. The average Bonchev–Trinajstić information content (AvgIpc) is 3.00. The number of pyridine rings is 1. The molecule has 2 heterocycles. The zero-order chi connectivity index (χ0) is 18.4. The Labute approximate surface area is 158 Å². The maximum atomic E-state index is 3.98. The van der Waals surface area contributed by atoms with Crippen molar-refractivity contribution in [3.63, 3.8) is 0 Å². The summed E-state index contributed by atoms with van der Waals surface area (Å²) in [6, 6.07) is 23.9. The monoisotopic (exact) mass is 349 g/mol. The third kappa shape index (κ3) is 2.37. The Kier molecular flexibility index (Phi) is 3.58. The van der Waals surface area contributed by atoms with Crippen LogP contribution in [0.2, 0.25) is 0 Å². The number of nitrogens with zero attached hydrogens (tertiary/aromatic N) is 2. The molecule has 130 valence electrons. The van der Waals surface area contributed by atoms with E-state index < -0.39 is 0 Å². The fourth-order valence-corrected chi connectivity index (χ4v) is 4.18. The first-order valence-corrected chi connectivity index (χ1v) is 9.27. The van der Waals surface area contributed by atoms with E-state index in [4.69, 9.17) is 0 Å². The predicted octanol–water partition coefficient (Wildman–Crippen LogP) is 4.51. The Hall–Kier alpha value is -3.39. The van der Waals surface area contributed by atoms with Crippen molar-refractivity contribution in [3.05, 3.63) is 96.5 Å². The molecule has 0 fully saturated rings. The van der Waals surface area contributed by atoms with E-state index in [2.05, 4.69) is 102 Å². The number of hydrogen-bond acceptors (Lipinski definition) is 0. The van der Waals surface area contributed by atoms with Gasteiger partial charge in [0.05, 0.1) is 10.7 Å². The highest BCUT2D eigenvalue weighted by atomic mass is 15.0. The first-order chi connectivity index (χ1) is 13.3. The first kappa shape index (κ1) is 15.8. The Morgan fingerprint density at radius 2 is 1.70 bits per heavy atom. The summed E-state index contributed by atoms with van der Waals surface area (Å²) in [5, 5.41) is 6.41. The summed E-state index contributed by atoms with van der Waals surface area (Å²) in [6.07, 6.45) is 6.43. The van der Waals surface area contributed by atoms with Gasteiger partial charge in [0, 0.05) is 35.0 Å². The molecule has 0 unspecified atom stereocenters. The lowest BCUT2D eigenvalue weighted by Gasteiger charge is -2.04. The Morgan fingerprint density at radius 3 is 2.56 bits per heavy atom. The van der Waals surface area contributed by atoms with Gasteiger partial charge in [-0.3, -0.25) is 0 Å². The molecule has 0 aliphatic rings. The second kappa shape index (κ2) is 6.10. The highest BCUT2D eigenvalue weighted by molar-refractivity contribution is 6.10. The van der Waals surface area contributed by atoms with E-state index in [1.165, 1.54) is 43.5 Å². The van der Waals surface area contributed by atoms with Gasteiger partial charge in [-0.05, 0) is 29.2 Å². The van der Waals surface area contributed by atoms with Gasteiger partial charge in [0.25, 0.3) is 0 Å². The summed E-state index contributed by atoms with van der Waals surface area (Å²) < 4.78 is 4.54. The molecule has 3 aromatic carbocycles. The van der Waals surface area contributed by atoms with E-state index in [0.717, 1.165) is 6.54 Å². The lowest BCUT2D eigenvalue weighted by molar-refractivity contribution is -0.644. The number of hydrogen-bond donors (Lipinski definition) is 0. The maximum absolute atomic E-state index is 3.98. The summed E-state index contributed by atoms with van der Waals surface area (Å²) in [5.74, 6) is 0. The number of rotatable bonds is 3. The standard InChI is InChI=1S/C25H21N2/c1-3-15-27-23-13-7-9-18-8-6-11-21(25(18)23)24(27)17-19-14-16-26(2)22-12-5-4-10-20(19)22/h3-14,16-17H,1,15H2,2H3/q+1. The number of fused-ring (bicyclic) bond motifs is 1. The van der Waals surface area contributed by atoms with Gasteiger partial charge in [-0.25, -0.2) is 4.57 Å². The summed E-state index contributed by atoms with van der Waals surface area (Å²) in [4.78, 5) is 0. The molecule has 0 spiro atoms. The van der Waals surface area contributed by atoms with Gasteiger partial charge in [0.1, 0.15) is 7.05 Å². The fourth-order valence-electron chi connectivity index (χ4n) is 4.18. The lowest BCUT2D eigenvalue weighted by atomic mass is 10.1. The highest BCUT2D eigenvalue weighted by Crippen LogP contribution is 2.26. The molecule has 2 heteroatoms. The topological polar surface area (TPSA) is 8.81 Å². The van der Waals surface area contributed by atoms with Crippen molar-refractivity contribution in [1.82, 2.24) is 4.57 Å². The number of benzene rings is 3.